The zero-order valence-corrected chi connectivity index (χ0v) is 14.4. The SMILES string of the molecule is CC(C)(C)c1ccc(-c2nnc(N(N)C(=O)c3ccccc3)o2)cc1. The average molecular weight is 336 g/mol. The van der Waals surface area contributed by atoms with Gasteiger partial charge < -0.3 is 4.42 Å². The van der Waals surface area contributed by atoms with Gasteiger partial charge >= 0.3 is 6.01 Å². The molecule has 6 nitrogen and oxygen atoms in total. The predicted molar refractivity (Wildman–Crippen MR) is 95.9 cm³/mol. The van der Waals surface area contributed by atoms with E-state index in [1.165, 1.54) is 5.56 Å². The van der Waals surface area contributed by atoms with Crippen molar-refractivity contribution in [1.29, 1.82) is 0 Å². The average Bonchev–Trinajstić information content (AvgIpc) is 3.10. The predicted octanol–water partition coefficient (Wildman–Crippen LogP) is 3.55. The monoisotopic (exact) mass is 336 g/mol. The highest BCUT2D eigenvalue weighted by Gasteiger charge is 2.21. The van der Waals surface area contributed by atoms with Crippen LogP contribution in [0.1, 0.15) is 36.7 Å². The normalized spacial score (nSPS) is 11.4. The van der Waals surface area contributed by atoms with Gasteiger partial charge in [0.2, 0.25) is 5.89 Å². The topological polar surface area (TPSA) is 85.3 Å². The van der Waals surface area contributed by atoms with E-state index in [-0.39, 0.29) is 11.4 Å². The third-order valence-electron chi connectivity index (χ3n) is 3.86. The second-order valence-corrected chi connectivity index (χ2v) is 6.76. The lowest BCUT2D eigenvalue weighted by Gasteiger charge is -2.18. The highest BCUT2D eigenvalue weighted by Crippen LogP contribution is 2.26. The number of hydrazine groups is 1. The fourth-order valence-electron chi connectivity index (χ4n) is 2.35. The number of aromatic nitrogens is 2. The van der Waals surface area contributed by atoms with Crippen LogP contribution in [0.3, 0.4) is 0 Å². The summed E-state index contributed by atoms with van der Waals surface area (Å²) in [5.74, 6) is 5.72. The second kappa shape index (κ2) is 6.49. The number of carbonyl (C=O) groups excluding carboxylic acids is 1. The summed E-state index contributed by atoms with van der Waals surface area (Å²) in [5.41, 5.74) is 2.48. The molecule has 0 bridgehead atoms. The van der Waals surface area contributed by atoms with Crippen LogP contribution in [0.4, 0.5) is 6.01 Å². The molecule has 0 saturated carbocycles. The summed E-state index contributed by atoms with van der Waals surface area (Å²) in [6, 6.07) is 16.5. The zero-order valence-electron chi connectivity index (χ0n) is 14.4. The van der Waals surface area contributed by atoms with E-state index in [1.54, 1.807) is 24.3 Å². The Morgan fingerprint density at radius 2 is 1.64 bits per heavy atom. The molecule has 3 rings (SSSR count). The molecule has 0 saturated heterocycles. The van der Waals surface area contributed by atoms with Gasteiger partial charge in [-0.1, -0.05) is 56.2 Å². The van der Waals surface area contributed by atoms with Gasteiger partial charge in [-0.2, -0.15) is 5.01 Å². The van der Waals surface area contributed by atoms with Crippen LogP contribution in [0.5, 0.6) is 0 Å². The number of hydrogen-bond donors (Lipinski definition) is 1. The molecule has 128 valence electrons. The number of carbonyl (C=O) groups is 1. The van der Waals surface area contributed by atoms with Crippen LogP contribution in [0.2, 0.25) is 0 Å². The van der Waals surface area contributed by atoms with Gasteiger partial charge in [-0.25, -0.2) is 5.84 Å². The van der Waals surface area contributed by atoms with Gasteiger partial charge in [0.25, 0.3) is 5.91 Å². The summed E-state index contributed by atoms with van der Waals surface area (Å²) in [6.07, 6.45) is 0. The zero-order chi connectivity index (χ0) is 18.0. The van der Waals surface area contributed by atoms with E-state index in [1.807, 2.05) is 30.3 Å². The minimum atomic E-state index is -0.418. The number of nitrogens with two attached hydrogens (primary N) is 1. The third-order valence-corrected chi connectivity index (χ3v) is 3.86. The van der Waals surface area contributed by atoms with Crippen molar-refractivity contribution in [2.45, 2.75) is 26.2 Å². The van der Waals surface area contributed by atoms with Crippen LogP contribution in [-0.2, 0) is 5.41 Å². The fraction of sp³-hybridized carbons (Fsp3) is 0.211. The molecule has 1 aromatic heterocycles. The lowest BCUT2D eigenvalue weighted by atomic mass is 9.87. The molecule has 2 N–H and O–H groups in total. The van der Waals surface area contributed by atoms with Gasteiger partial charge in [0.15, 0.2) is 0 Å². The highest BCUT2D eigenvalue weighted by molar-refractivity contribution is 6.04. The van der Waals surface area contributed by atoms with Crippen LogP contribution >= 0.6 is 0 Å². The Morgan fingerprint density at radius 3 is 2.24 bits per heavy atom. The summed E-state index contributed by atoms with van der Waals surface area (Å²) in [4.78, 5) is 12.3. The Hall–Kier alpha value is -2.99. The van der Waals surface area contributed by atoms with Gasteiger partial charge in [-0.05, 0) is 35.2 Å². The van der Waals surface area contributed by atoms with Gasteiger partial charge in [-0.15, -0.1) is 5.10 Å². The van der Waals surface area contributed by atoms with Crippen LogP contribution in [0.15, 0.2) is 59.0 Å². The van der Waals surface area contributed by atoms with Crippen molar-refractivity contribution in [3.05, 3.63) is 65.7 Å². The Labute approximate surface area is 146 Å². The molecule has 1 amide bonds. The van der Waals surface area contributed by atoms with E-state index in [2.05, 4.69) is 31.0 Å². The molecule has 0 spiro atoms. The number of rotatable bonds is 3. The summed E-state index contributed by atoms with van der Waals surface area (Å²) in [5, 5.41) is 8.72. The summed E-state index contributed by atoms with van der Waals surface area (Å²) in [6.45, 7) is 6.44. The molecular weight excluding hydrogens is 316 g/mol. The van der Waals surface area contributed by atoms with Crippen molar-refractivity contribution in [3.63, 3.8) is 0 Å². The Morgan fingerprint density at radius 1 is 1.00 bits per heavy atom. The van der Waals surface area contributed by atoms with E-state index in [0.29, 0.717) is 11.5 Å². The van der Waals surface area contributed by atoms with Crippen LogP contribution < -0.4 is 10.9 Å². The number of nitrogens with zero attached hydrogens (tertiary/aromatic N) is 3. The Kier molecular flexibility index (Phi) is 4.37. The Bertz CT molecular complexity index is 864. The molecule has 0 fully saturated rings. The van der Waals surface area contributed by atoms with Gasteiger partial charge in [0.05, 0.1) is 0 Å². The van der Waals surface area contributed by atoms with Crippen molar-refractivity contribution in [3.8, 4) is 11.5 Å². The maximum Gasteiger partial charge on any atom is 0.340 e. The minimum Gasteiger partial charge on any atom is -0.402 e. The van der Waals surface area contributed by atoms with E-state index in [4.69, 9.17) is 10.3 Å². The molecule has 6 heteroatoms. The molecule has 0 aliphatic rings. The van der Waals surface area contributed by atoms with E-state index < -0.39 is 5.91 Å². The summed E-state index contributed by atoms with van der Waals surface area (Å²) >= 11 is 0. The number of hydrogen-bond acceptors (Lipinski definition) is 5. The molecule has 1 heterocycles. The molecule has 0 aliphatic heterocycles. The molecule has 0 radical (unpaired) electrons. The first-order valence-corrected chi connectivity index (χ1v) is 7.95. The molecule has 3 aromatic rings. The first kappa shape index (κ1) is 16.9. The molecule has 0 aliphatic carbocycles. The standard InChI is InChI=1S/C19H20N4O2/c1-19(2,3)15-11-9-13(10-12-15)16-21-22-18(25-16)23(20)17(24)14-7-5-4-6-8-14/h4-12H,20H2,1-3H3. The third kappa shape index (κ3) is 3.59. The quantitative estimate of drug-likeness (QED) is 0.449. The fourth-order valence-corrected chi connectivity index (χ4v) is 2.35. The van der Waals surface area contributed by atoms with Crippen LogP contribution in [0.25, 0.3) is 11.5 Å². The maximum atomic E-state index is 12.3. The number of amides is 1. The lowest BCUT2D eigenvalue weighted by molar-refractivity contribution is 0.0981. The molecule has 0 unspecified atom stereocenters. The summed E-state index contributed by atoms with van der Waals surface area (Å²) < 4.78 is 5.56. The molecule has 0 atom stereocenters. The summed E-state index contributed by atoms with van der Waals surface area (Å²) in [7, 11) is 0. The lowest BCUT2D eigenvalue weighted by Crippen LogP contribution is -2.37. The van der Waals surface area contributed by atoms with Crippen molar-refractivity contribution < 1.29 is 9.21 Å². The number of anilines is 1. The van der Waals surface area contributed by atoms with E-state index in [0.717, 1.165) is 10.6 Å². The first-order chi connectivity index (χ1) is 11.9. The van der Waals surface area contributed by atoms with Crippen molar-refractivity contribution in [2.75, 3.05) is 5.01 Å². The number of benzene rings is 2. The van der Waals surface area contributed by atoms with Crippen molar-refractivity contribution >= 4 is 11.9 Å². The van der Waals surface area contributed by atoms with Crippen LogP contribution in [0, 0.1) is 0 Å². The van der Waals surface area contributed by atoms with Gasteiger partial charge in [-0.3, -0.25) is 4.79 Å². The highest BCUT2D eigenvalue weighted by atomic mass is 16.4. The molecule has 2 aromatic carbocycles. The minimum absolute atomic E-state index is 0.0521. The first-order valence-electron chi connectivity index (χ1n) is 7.95. The second-order valence-electron chi connectivity index (χ2n) is 6.76. The maximum absolute atomic E-state index is 12.3. The van der Waals surface area contributed by atoms with Crippen molar-refractivity contribution in [2.24, 2.45) is 5.84 Å². The van der Waals surface area contributed by atoms with Crippen LogP contribution in [-0.4, -0.2) is 16.1 Å². The van der Waals surface area contributed by atoms with Crippen molar-refractivity contribution in [1.82, 2.24) is 10.2 Å². The molecule has 25 heavy (non-hydrogen) atoms. The molecular formula is C19H20N4O2. The van der Waals surface area contributed by atoms with E-state index in [9.17, 15) is 4.79 Å². The largest absolute Gasteiger partial charge is 0.402 e. The van der Waals surface area contributed by atoms with Gasteiger partial charge in [0.1, 0.15) is 0 Å². The Balaban J connectivity index is 1.81. The van der Waals surface area contributed by atoms with E-state index >= 15 is 0 Å². The van der Waals surface area contributed by atoms with Gasteiger partial charge in [0, 0.05) is 11.1 Å². The smallest absolute Gasteiger partial charge is 0.340 e.